The van der Waals surface area contributed by atoms with Gasteiger partial charge < -0.3 is 14.4 Å². The van der Waals surface area contributed by atoms with E-state index in [4.69, 9.17) is 9.47 Å². The van der Waals surface area contributed by atoms with Gasteiger partial charge in [0.25, 0.3) is 0 Å². The number of para-hydroxylation sites is 1. The predicted molar refractivity (Wildman–Crippen MR) is 74.1 cm³/mol. The van der Waals surface area contributed by atoms with Crippen molar-refractivity contribution < 1.29 is 14.3 Å². The highest BCUT2D eigenvalue weighted by Crippen LogP contribution is 2.31. The van der Waals surface area contributed by atoms with E-state index in [1.54, 1.807) is 19.2 Å². The van der Waals surface area contributed by atoms with Crippen molar-refractivity contribution in [1.29, 1.82) is 0 Å². The third-order valence-corrected chi connectivity index (χ3v) is 3.54. The second-order valence-corrected chi connectivity index (χ2v) is 5.08. The normalized spacial score (nSPS) is 20.0. The minimum absolute atomic E-state index is 0.517. The topological polar surface area (TPSA) is 38.8 Å². The van der Waals surface area contributed by atoms with Crippen molar-refractivity contribution in [3.05, 3.63) is 23.8 Å². The summed E-state index contributed by atoms with van der Waals surface area (Å²) in [5.41, 5.74) is 0.545. The lowest BCUT2D eigenvalue weighted by Crippen LogP contribution is -2.34. The Hall–Kier alpha value is -1.55. The number of hydrogen-bond acceptors (Lipinski definition) is 4. The van der Waals surface area contributed by atoms with Crippen LogP contribution in [-0.2, 0) is 0 Å². The number of carbonyl (C=O) groups excluding carboxylic acids is 1. The quantitative estimate of drug-likeness (QED) is 0.764. The van der Waals surface area contributed by atoms with Crippen molar-refractivity contribution in [2.75, 3.05) is 33.9 Å². The Labute approximate surface area is 114 Å². The van der Waals surface area contributed by atoms with E-state index in [1.165, 1.54) is 12.8 Å². The Kier molecular flexibility index (Phi) is 4.80. The van der Waals surface area contributed by atoms with E-state index in [0.29, 0.717) is 29.6 Å². The Morgan fingerprint density at radius 1 is 1.47 bits per heavy atom. The number of piperidine rings is 1. The molecule has 1 aliphatic rings. The molecule has 1 heterocycles. The minimum atomic E-state index is 0.517. The first kappa shape index (κ1) is 13.9. The highest BCUT2D eigenvalue weighted by atomic mass is 16.5. The van der Waals surface area contributed by atoms with Crippen LogP contribution >= 0.6 is 0 Å². The lowest BCUT2D eigenvalue weighted by Gasteiger charge is -2.29. The predicted octanol–water partition coefficient (Wildman–Crippen LogP) is 2.23. The molecule has 1 aromatic rings. The number of carbonyl (C=O) groups is 1. The van der Waals surface area contributed by atoms with Gasteiger partial charge in [-0.25, -0.2) is 0 Å². The van der Waals surface area contributed by atoms with Crippen molar-refractivity contribution in [2.24, 2.45) is 5.92 Å². The van der Waals surface area contributed by atoms with Crippen LogP contribution < -0.4 is 9.47 Å². The van der Waals surface area contributed by atoms with E-state index in [9.17, 15) is 4.79 Å². The number of ether oxygens (including phenoxy) is 2. The highest BCUT2D eigenvalue weighted by Gasteiger charge is 2.19. The van der Waals surface area contributed by atoms with Crippen molar-refractivity contribution in [1.82, 2.24) is 4.90 Å². The number of nitrogens with zero attached hydrogens (tertiary/aromatic N) is 1. The number of likely N-dealkylation sites (tertiary alicyclic amines) is 1. The Morgan fingerprint density at radius 2 is 2.32 bits per heavy atom. The van der Waals surface area contributed by atoms with Gasteiger partial charge in [0.15, 0.2) is 17.8 Å². The lowest BCUT2D eigenvalue weighted by atomic mass is 9.99. The molecule has 1 aliphatic heterocycles. The molecular weight excluding hydrogens is 242 g/mol. The minimum Gasteiger partial charge on any atom is -0.493 e. The molecule has 0 bridgehead atoms. The first-order chi connectivity index (χ1) is 9.24. The van der Waals surface area contributed by atoms with Crippen LogP contribution in [0.25, 0.3) is 0 Å². The molecule has 1 saturated heterocycles. The number of methoxy groups -OCH3 is 1. The second-order valence-electron chi connectivity index (χ2n) is 5.08. The van der Waals surface area contributed by atoms with Gasteiger partial charge in [0.2, 0.25) is 0 Å². The van der Waals surface area contributed by atoms with Crippen molar-refractivity contribution in [3.8, 4) is 11.5 Å². The summed E-state index contributed by atoms with van der Waals surface area (Å²) in [5, 5.41) is 0. The molecule has 1 unspecified atom stereocenters. The molecular formula is C15H21NO3. The fourth-order valence-corrected chi connectivity index (χ4v) is 2.55. The Balaban J connectivity index is 2.03. The zero-order chi connectivity index (χ0) is 13.7. The van der Waals surface area contributed by atoms with Crippen LogP contribution in [0.2, 0.25) is 0 Å². The summed E-state index contributed by atoms with van der Waals surface area (Å²) >= 11 is 0. The molecule has 2 rings (SSSR count). The summed E-state index contributed by atoms with van der Waals surface area (Å²) in [7, 11) is 3.72. The van der Waals surface area contributed by atoms with Crippen LogP contribution in [0.15, 0.2) is 18.2 Å². The molecule has 0 amide bonds. The molecule has 4 nitrogen and oxygen atoms in total. The first-order valence-electron chi connectivity index (χ1n) is 6.68. The molecule has 0 aromatic heterocycles. The fraction of sp³-hybridized carbons (Fsp3) is 0.533. The standard InChI is InChI=1S/C15H21NO3/c1-16-8-4-5-12(9-16)11-19-15-13(10-17)6-3-7-14(15)18-2/h3,6-7,10,12H,4-5,8-9,11H2,1-2H3. The van der Waals surface area contributed by atoms with E-state index in [2.05, 4.69) is 11.9 Å². The van der Waals surface area contributed by atoms with Gasteiger partial charge in [0.1, 0.15) is 0 Å². The van der Waals surface area contributed by atoms with Gasteiger partial charge in [-0.05, 0) is 38.6 Å². The summed E-state index contributed by atoms with van der Waals surface area (Å²) in [6.07, 6.45) is 3.19. The average molecular weight is 263 g/mol. The van der Waals surface area contributed by atoms with Gasteiger partial charge in [-0.2, -0.15) is 0 Å². The van der Waals surface area contributed by atoms with E-state index in [-0.39, 0.29) is 0 Å². The molecule has 0 N–H and O–H groups in total. The maximum absolute atomic E-state index is 11.1. The van der Waals surface area contributed by atoms with Gasteiger partial charge in [-0.1, -0.05) is 6.07 Å². The molecule has 19 heavy (non-hydrogen) atoms. The van der Waals surface area contributed by atoms with Crippen LogP contribution in [0.1, 0.15) is 23.2 Å². The average Bonchev–Trinajstić information content (AvgIpc) is 2.44. The van der Waals surface area contributed by atoms with Crippen LogP contribution in [0.3, 0.4) is 0 Å². The van der Waals surface area contributed by atoms with E-state index in [1.807, 2.05) is 6.07 Å². The molecule has 104 valence electrons. The number of aldehydes is 1. The largest absolute Gasteiger partial charge is 0.493 e. The van der Waals surface area contributed by atoms with Crippen LogP contribution in [-0.4, -0.2) is 45.0 Å². The monoisotopic (exact) mass is 263 g/mol. The van der Waals surface area contributed by atoms with Crippen LogP contribution in [0.5, 0.6) is 11.5 Å². The number of rotatable bonds is 5. The maximum atomic E-state index is 11.1. The SMILES string of the molecule is COc1cccc(C=O)c1OCC1CCCN(C)C1. The third-order valence-electron chi connectivity index (χ3n) is 3.54. The van der Waals surface area contributed by atoms with Gasteiger partial charge >= 0.3 is 0 Å². The summed E-state index contributed by atoms with van der Waals surface area (Å²) in [6.45, 7) is 2.84. The van der Waals surface area contributed by atoms with Crippen LogP contribution in [0, 0.1) is 5.92 Å². The van der Waals surface area contributed by atoms with E-state index in [0.717, 1.165) is 19.4 Å². The zero-order valence-corrected chi connectivity index (χ0v) is 11.6. The Bertz CT molecular complexity index is 433. The van der Waals surface area contributed by atoms with Gasteiger partial charge in [0.05, 0.1) is 19.3 Å². The smallest absolute Gasteiger partial charge is 0.171 e. The molecule has 4 heteroatoms. The number of benzene rings is 1. The molecule has 1 fully saturated rings. The van der Waals surface area contributed by atoms with Gasteiger partial charge in [-0.3, -0.25) is 4.79 Å². The molecule has 0 radical (unpaired) electrons. The molecule has 0 aliphatic carbocycles. The summed E-state index contributed by atoms with van der Waals surface area (Å²) in [6, 6.07) is 5.36. The van der Waals surface area contributed by atoms with E-state index < -0.39 is 0 Å². The fourth-order valence-electron chi connectivity index (χ4n) is 2.55. The molecule has 0 spiro atoms. The highest BCUT2D eigenvalue weighted by molar-refractivity contribution is 5.81. The van der Waals surface area contributed by atoms with E-state index >= 15 is 0 Å². The summed E-state index contributed by atoms with van der Waals surface area (Å²) < 4.78 is 11.1. The molecule has 1 atom stereocenters. The summed E-state index contributed by atoms with van der Waals surface area (Å²) in [5.74, 6) is 1.70. The zero-order valence-electron chi connectivity index (χ0n) is 11.6. The van der Waals surface area contributed by atoms with Crippen LogP contribution in [0.4, 0.5) is 0 Å². The summed E-state index contributed by atoms with van der Waals surface area (Å²) in [4.78, 5) is 13.4. The van der Waals surface area contributed by atoms with Crippen molar-refractivity contribution in [2.45, 2.75) is 12.8 Å². The van der Waals surface area contributed by atoms with Crippen molar-refractivity contribution in [3.63, 3.8) is 0 Å². The Morgan fingerprint density at radius 3 is 3.00 bits per heavy atom. The van der Waals surface area contributed by atoms with Gasteiger partial charge in [-0.15, -0.1) is 0 Å². The maximum Gasteiger partial charge on any atom is 0.171 e. The second kappa shape index (κ2) is 6.57. The van der Waals surface area contributed by atoms with Gasteiger partial charge in [0, 0.05) is 12.5 Å². The molecule has 0 saturated carbocycles. The third kappa shape index (κ3) is 3.47. The first-order valence-corrected chi connectivity index (χ1v) is 6.68. The lowest BCUT2D eigenvalue weighted by molar-refractivity contribution is 0.111. The number of hydrogen-bond donors (Lipinski definition) is 0. The molecule has 1 aromatic carbocycles. The van der Waals surface area contributed by atoms with Crippen molar-refractivity contribution >= 4 is 6.29 Å².